The standard InChI is InChI=1S/C14H14N4/c1-10-13-14(17-11(2)16-10)15-9-18(13)8-12-6-4-3-5-7-12/h3-7,9H,8H2,1-2H3. The lowest BCUT2D eigenvalue weighted by atomic mass is 10.2. The predicted octanol–water partition coefficient (Wildman–Crippen LogP) is 2.49. The van der Waals surface area contributed by atoms with Crippen molar-refractivity contribution in [1.29, 1.82) is 0 Å². The monoisotopic (exact) mass is 238 g/mol. The van der Waals surface area contributed by atoms with Gasteiger partial charge in [-0.25, -0.2) is 15.0 Å². The average molecular weight is 238 g/mol. The minimum absolute atomic E-state index is 0.768. The number of rotatable bonds is 2. The molecule has 0 aliphatic rings. The number of hydrogen-bond acceptors (Lipinski definition) is 3. The third kappa shape index (κ3) is 1.86. The summed E-state index contributed by atoms with van der Waals surface area (Å²) < 4.78 is 2.10. The first-order chi connectivity index (χ1) is 8.74. The Balaban J connectivity index is 2.08. The summed E-state index contributed by atoms with van der Waals surface area (Å²) in [5.74, 6) is 0.768. The number of aromatic nitrogens is 4. The lowest BCUT2D eigenvalue weighted by Gasteiger charge is -2.06. The summed E-state index contributed by atoms with van der Waals surface area (Å²) in [4.78, 5) is 13.1. The van der Waals surface area contributed by atoms with E-state index in [-0.39, 0.29) is 0 Å². The highest BCUT2D eigenvalue weighted by molar-refractivity contribution is 5.73. The topological polar surface area (TPSA) is 43.6 Å². The van der Waals surface area contributed by atoms with Crippen LogP contribution in [0.25, 0.3) is 11.2 Å². The number of imidazole rings is 1. The van der Waals surface area contributed by atoms with Crippen molar-refractivity contribution >= 4 is 11.2 Å². The maximum absolute atomic E-state index is 4.40. The Labute approximate surface area is 105 Å². The molecule has 0 aliphatic carbocycles. The Kier molecular flexibility index (Phi) is 2.55. The highest BCUT2D eigenvalue weighted by Crippen LogP contribution is 2.15. The normalized spacial score (nSPS) is 11.0. The molecular formula is C14H14N4. The summed E-state index contributed by atoms with van der Waals surface area (Å²) in [6.07, 6.45) is 1.83. The van der Waals surface area contributed by atoms with Gasteiger partial charge >= 0.3 is 0 Å². The van der Waals surface area contributed by atoms with Crippen LogP contribution >= 0.6 is 0 Å². The molecule has 0 bridgehead atoms. The van der Waals surface area contributed by atoms with E-state index in [1.165, 1.54) is 5.56 Å². The zero-order valence-corrected chi connectivity index (χ0v) is 10.5. The first-order valence-electron chi connectivity index (χ1n) is 5.94. The van der Waals surface area contributed by atoms with Gasteiger partial charge in [0.1, 0.15) is 11.3 Å². The van der Waals surface area contributed by atoms with Crippen molar-refractivity contribution in [2.75, 3.05) is 0 Å². The van der Waals surface area contributed by atoms with Crippen molar-refractivity contribution in [3.05, 3.63) is 53.7 Å². The number of fused-ring (bicyclic) bond motifs is 1. The SMILES string of the molecule is Cc1nc(C)c2c(ncn2Cc2ccccc2)n1. The van der Waals surface area contributed by atoms with E-state index >= 15 is 0 Å². The van der Waals surface area contributed by atoms with E-state index in [1.54, 1.807) is 0 Å². The summed E-state index contributed by atoms with van der Waals surface area (Å²) in [7, 11) is 0. The Morgan fingerprint density at radius 3 is 2.61 bits per heavy atom. The first-order valence-corrected chi connectivity index (χ1v) is 5.94. The number of benzene rings is 1. The van der Waals surface area contributed by atoms with Crippen molar-refractivity contribution in [3.63, 3.8) is 0 Å². The maximum atomic E-state index is 4.40. The fourth-order valence-electron chi connectivity index (χ4n) is 2.20. The summed E-state index contributed by atoms with van der Waals surface area (Å²) >= 11 is 0. The molecule has 4 nitrogen and oxygen atoms in total. The summed E-state index contributed by atoms with van der Waals surface area (Å²) in [6, 6.07) is 10.3. The third-order valence-corrected chi connectivity index (χ3v) is 2.95. The van der Waals surface area contributed by atoms with Crippen LogP contribution < -0.4 is 0 Å². The van der Waals surface area contributed by atoms with Crippen molar-refractivity contribution in [2.45, 2.75) is 20.4 Å². The molecule has 0 spiro atoms. The quantitative estimate of drug-likeness (QED) is 0.689. The van der Waals surface area contributed by atoms with E-state index in [0.29, 0.717) is 0 Å². The maximum Gasteiger partial charge on any atom is 0.181 e. The van der Waals surface area contributed by atoms with Crippen molar-refractivity contribution in [1.82, 2.24) is 19.5 Å². The molecule has 4 heteroatoms. The van der Waals surface area contributed by atoms with Gasteiger partial charge in [-0.3, -0.25) is 0 Å². The second kappa shape index (κ2) is 4.22. The van der Waals surface area contributed by atoms with E-state index in [9.17, 15) is 0 Å². The molecule has 0 amide bonds. The molecule has 3 aromatic rings. The summed E-state index contributed by atoms with van der Waals surface area (Å²) in [5.41, 5.74) is 4.02. The van der Waals surface area contributed by atoms with Gasteiger partial charge in [0.05, 0.1) is 12.0 Å². The zero-order valence-electron chi connectivity index (χ0n) is 10.5. The van der Waals surface area contributed by atoms with Gasteiger partial charge in [0, 0.05) is 6.54 Å². The van der Waals surface area contributed by atoms with Gasteiger partial charge in [-0.05, 0) is 19.4 Å². The Morgan fingerprint density at radius 2 is 1.83 bits per heavy atom. The molecule has 2 aromatic heterocycles. The van der Waals surface area contributed by atoms with Crippen LogP contribution in [-0.2, 0) is 6.54 Å². The van der Waals surface area contributed by atoms with Crippen LogP contribution in [0.15, 0.2) is 36.7 Å². The molecule has 18 heavy (non-hydrogen) atoms. The Bertz CT molecular complexity index is 686. The predicted molar refractivity (Wildman–Crippen MR) is 70.3 cm³/mol. The summed E-state index contributed by atoms with van der Waals surface area (Å²) in [6.45, 7) is 4.69. The van der Waals surface area contributed by atoms with E-state index in [1.807, 2.05) is 38.4 Å². The lowest BCUT2D eigenvalue weighted by Crippen LogP contribution is -2.01. The van der Waals surface area contributed by atoms with E-state index < -0.39 is 0 Å². The Morgan fingerprint density at radius 1 is 1.06 bits per heavy atom. The van der Waals surface area contributed by atoms with Crippen molar-refractivity contribution in [3.8, 4) is 0 Å². The lowest BCUT2D eigenvalue weighted by molar-refractivity contribution is 0.818. The van der Waals surface area contributed by atoms with E-state index in [0.717, 1.165) is 29.2 Å². The van der Waals surface area contributed by atoms with E-state index in [2.05, 4.69) is 31.7 Å². The number of hydrogen-bond donors (Lipinski definition) is 0. The Hall–Kier alpha value is -2.23. The third-order valence-electron chi connectivity index (χ3n) is 2.95. The largest absolute Gasteiger partial charge is 0.323 e. The van der Waals surface area contributed by atoms with Crippen LogP contribution in [0.3, 0.4) is 0 Å². The fourth-order valence-corrected chi connectivity index (χ4v) is 2.20. The first kappa shape index (κ1) is 10.9. The second-order valence-electron chi connectivity index (χ2n) is 4.39. The molecule has 0 saturated carbocycles. The second-order valence-corrected chi connectivity index (χ2v) is 4.39. The van der Waals surface area contributed by atoms with Crippen LogP contribution in [0.1, 0.15) is 17.1 Å². The van der Waals surface area contributed by atoms with Gasteiger partial charge in [0.15, 0.2) is 5.65 Å². The molecule has 3 rings (SSSR count). The fraction of sp³-hybridized carbons (Fsp3) is 0.214. The molecule has 1 aromatic carbocycles. The minimum atomic E-state index is 0.768. The van der Waals surface area contributed by atoms with Crippen LogP contribution in [0.4, 0.5) is 0 Å². The van der Waals surface area contributed by atoms with Crippen LogP contribution in [0.2, 0.25) is 0 Å². The molecule has 0 N–H and O–H groups in total. The van der Waals surface area contributed by atoms with Gasteiger partial charge in [-0.2, -0.15) is 0 Å². The van der Waals surface area contributed by atoms with Crippen LogP contribution in [0, 0.1) is 13.8 Å². The molecule has 90 valence electrons. The van der Waals surface area contributed by atoms with Gasteiger partial charge in [0.25, 0.3) is 0 Å². The molecule has 0 fully saturated rings. The van der Waals surface area contributed by atoms with Crippen LogP contribution in [0.5, 0.6) is 0 Å². The van der Waals surface area contributed by atoms with Crippen molar-refractivity contribution < 1.29 is 0 Å². The van der Waals surface area contributed by atoms with Gasteiger partial charge < -0.3 is 4.57 Å². The molecule has 0 unspecified atom stereocenters. The van der Waals surface area contributed by atoms with Crippen LogP contribution in [-0.4, -0.2) is 19.5 Å². The minimum Gasteiger partial charge on any atom is -0.323 e. The molecular weight excluding hydrogens is 224 g/mol. The van der Waals surface area contributed by atoms with Gasteiger partial charge in [-0.15, -0.1) is 0 Å². The smallest absolute Gasteiger partial charge is 0.181 e. The van der Waals surface area contributed by atoms with Crippen molar-refractivity contribution in [2.24, 2.45) is 0 Å². The zero-order chi connectivity index (χ0) is 12.5. The van der Waals surface area contributed by atoms with Gasteiger partial charge in [-0.1, -0.05) is 30.3 Å². The molecule has 0 aliphatic heterocycles. The van der Waals surface area contributed by atoms with E-state index in [4.69, 9.17) is 0 Å². The number of aryl methyl sites for hydroxylation is 2. The highest BCUT2D eigenvalue weighted by atomic mass is 15.1. The molecule has 0 atom stereocenters. The molecule has 0 radical (unpaired) electrons. The molecule has 2 heterocycles. The molecule has 0 saturated heterocycles. The van der Waals surface area contributed by atoms with Gasteiger partial charge in [0.2, 0.25) is 0 Å². The summed E-state index contributed by atoms with van der Waals surface area (Å²) in [5, 5.41) is 0. The average Bonchev–Trinajstić information content (AvgIpc) is 2.73. The highest BCUT2D eigenvalue weighted by Gasteiger charge is 2.09. The number of nitrogens with zero attached hydrogens (tertiary/aromatic N) is 4.